The SMILES string of the molecule is CC1(C)CCN[C@H](c2ccncc2)CC1. The van der Waals surface area contributed by atoms with E-state index in [1.807, 2.05) is 12.4 Å². The number of hydrogen-bond donors (Lipinski definition) is 1. The Morgan fingerprint density at radius 1 is 1.27 bits per heavy atom. The van der Waals surface area contributed by atoms with Gasteiger partial charge in [-0.3, -0.25) is 4.98 Å². The average Bonchev–Trinajstić information content (AvgIpc) is 2.41. The molecule has 0 spiro atoms. The molecule has 1 aliphatic heterocycles. The Bertz CT molecular complexity index is 306. The topological polar surface area (TPSA) is 24.9 Å². The molecule has 2 heteroatoms. The predicted octanol–water partition coefficient (Wildman–Crippen LogP) is 2.92. The Hall–Kier alpha value is -0.890. The van der Waals surface area contributed by atoms with Crippen LogP contribution >= 0.6 is 0 Å². The first-order valence-corrected chi connectivity index (χ1v) is 5.81. The van der Waals surface area contributed by atoms with E-state index in [9.17, 15) is 0 Å². The molecule has 0 amide bonds. The van der Waals surface area contributed by atoms with E-state index in [-0.39, 0.29) is 0 Å². The average molecular weight is 204 g/mol. The second-order valence-corrected chi connectivity index (χ2v) is 5.24. The zero-order chi connectivity index (χ0) is 10.7. The van der Waals surface area contributed by atoms with Crippen LogP contribution in [0.4, 0.5) is 0 Å². The molecule has 1 fully saturated rings. The molecule has 2 heterocycles. The van der Waals surface area contributed by atoms with E-state index in [1.165, 1.54) is 24.8 Å². The minimum Gasteiger partial charge on any atom is -0.310 e. The van der Waals surface area contributed by atoms with Gasteiger partial charge in [-0.15, -0.1) is 0 Å². The van der Waals surface area contributed by atoms with Crippen molar-refractivity contribution in [1.82, 2.24) is 10.3 Å². The van der Waals surface area contributed by atoms with Crippen LogP contribution in [0.2, 0.25) is 0 Å². The van der Waals surface area contributed by atoms with Crippen molar-refractivity contribution in [2.75, 3.05) is 6.54 Å². The van der Waals surface area contributed by atoms with E-state index in [4.69, 9.17) is 0 Å². The lowest BCUT2D eigenvalue weighted by Gasteiger charge is -2.21. The molecule has 1 aromatic rings. The van der Waals surface area contributed by atoms with Crippen molar-refractivity contribution >= 4 is 0 Å². The normalized spacial score (nSPS) is 25.9. The van der Waals surface area contributed by atoms with Crippen molar-refractivity contribution in [3.05, 3.63) is 30.1 Å². The highest BCUT2D eigenvalue weighted by Gasteiger charge is 2.24. The van der Waals surface area contributed by atoms with Crippen LogP contribution in [0.1, 0.15) is 44.7 Å². The first kappa shape index (κ1) is 10.6. The van der Waals surface area contributed by atoms with Crippen LogP contribution < -0.4 is 5.32 Å². The van der Waals surface area contributed by atoms with E-state index in [1.54, 1.807) is 0 Å². The molecular weight excluding hydrogens is 184 g/mol. The van der Waals surface area contributed by atoms with Crippen LogP contribution in [-0.2, 0) is 0 Å². The highest BCUT2D eigenvalue weighted by Crippen LogP contribution is 2.33. The second kappa shape index (κ2) is 4.31. The van der Waals surface area contributed by atoms with Crippen molar-refractivity contribution in [1.29, 1.82) is 0 Å². The van der Waals surface area contributed by atoms with Crippen LogP contribution in [0.3, 0.4) is 0 Å². The zero-order valence-corrected chi connectivity index (χ0v) is 9.66. The van der Waals surface area contributed by atoms with Crippen molar-refractivity contribution in [3.63, 3.8) is 0 Å². The number of aromatic nitrogens is 1. The molecular formula is C13H20N2. The van der Waals surface area contributed by atoms with Gasteiger partial charge in [-0.1, -0.05) is 13.8 Å². The lowest BCUT2D eigenvalue weighted by molar-refractivity contribution is 0.320. The number of hydrogen-bond acceptors (Lipinski definition) is 2. The van der Waals surface area contributed by atoms with Crippen LogP contribution in [0.5, 0.6) is 0 Å². The maximum atomic E-state index is 4.06. The summed E-state index contributed by atoms with van der Waals surface area (Å²) in [6.45, 7) is 5.85. The van der Waals surface area contributed by atoms with Gasteiger partial charge in [0, 0.05) is 18.4 Å². The predicted molar refractivity (Wildman–Crippen MR) is 62.6 cm³/mol. The summed E-state index contributed by atoms with van der Waals surface area (Å²) in [6.07, 6.45) is 7.57. The van der Waals surface area contributed by atoms with Crippen molar-refractivity contribution < 1.29 is 0 Å². The summed E-state index contributed by atoms with van der Waals surface area (Å²) in [5.41, 5.74) is 1.87. The van der Waals surface area contributed by atoms with Gasteiger partial charge in [0.1, 0.15) is 0 Å². The summed E-state index contributed by atoms with van der Waals surface area (Å²) >= 11 is 0. The molecule has 1 aromatic heterocycles. The molecule has 0 unspecified atom stereocenters. The van der Waals surface area contributed by atoms with Gasteiger partial charge in [-0.05, 0) is 48.9 Å². The van der Waals surface area contributed by atoms with Crippen LogP contribution in [-0.4, -0.2) is 11.5 Å². The maximum Gasteiger partial charge on any atom is 0.0321 e. The summed E-state index contributed by atoms with van der Waals surface area (Å²) in [6, 6.07) is 4.76. The molecule has 0 radical (unpaired) electrons. The molecule has 1 N–H and O–H groups in total. The second-order valence-electron chi connectivity index (χ2n) is 5.24. The number of nitrogens with zero attached hydrogens (tertiary/aromatic N) is 1. The van der Waals surface area contributed by atoms with Gasteiger partial charge in [0.15, 0.2) is 0 Å². The molecule has 2 nitrogen and oxygen atoms in total. The first-order valence-electron chi connectivity index (χ1n) is 5.81. The summed E-state index contributed by atoms with van der Waals surface area (Å²) in [7, 11) is 0. The summed E-state index contributed by atoms with van der Waals surface area (Å²) in [4.78, 5) is 4.06. The van der Waals surface area contributed by atoms with Gasteiger partial charge in [0.2, 0.25) is 0 Å². The molecule has 2 rings (SSSR count). The monoisotopic (exact) mass is 204 g/mol. The number of nitrogens with one attached hydrogen (secondary N) is 1. The quantitative estimate of drug-likeness (QED) is 0.760. The standard InChI is InChI=1S/C13H20N2/c1-13(2)6-3-12(15-10-7-13)11-4-8-14-9-5-11/h4-5,8-9,12,15H,3,6-7,10H2,1-2H3/t12-/m0/s1. The smallest absolute Gasteiger partial charge is 0.0321 e. The Morgan fingerprint density at radius 2 is 2.00 bits per heavy atom. The fourth-order valence-corrected chi connectivity index (χ4v) is 2.23. The van der Waals surface area contributed by atoms with Gasteiger partial charge >= 0.3 is 0 Å². The van der Waals surface area contributed by atoms with Crippen LogP contribution in [0, 0.1) is 5.41 Å². The lowest BCUT2D eigenvalue weighted by Crippen LogP contribution is -2.20. The van der Waals surface area contributed by atoms with Crippen LogP contribution in [0.25, 0.3) is 0 Å². The largest absolute Gasteiger partial charge is 0.310 e. The van der Waals surface area contributed by atoms with Crippen LogP contribution in [0.15, 0.2) is 24.5 Å². The Labute approximate surface area is 92.1 Å². The van der Waals surface area contributed by atoms with Crippen molar-refractivity contribution in [3.8, 4) is 0 Å². The molecule has 15 heavy (non-hydrogen) atoms. The summed E-state index contributed by atoms with van der Waals surface area (Å²) < 4.78 is 0. The zero-order valence-electron chi connectivity index (χ0n) is 9.66. The third-order valence-corrected chi connectivity index (χ3v) is 3.41. The summed E-state index contributed by atoms with van der Waals surface area (Å²) in [5.74, 6) is 0. The Morgan fingerprint density at radius 3 is 2.73 bits per heavy atom. The molecule has 0 saturated carbocycles. The van der Waals surface area contributed by atoms with Gasteiger partial charge < -0.3 is 5.32 Å². The summed E-state index contributed by atoms with van der Waals surface area (Å²) in [5, 5.41) is 3.63. The molecule has 0 aromatic carbocycles. The number of pyridine rings is 1. The van der Waals surface area contributed by atoms with Gasteiger partial charge in [0.25, 0.3) is 0 Å². The fourth-order valence-electron chi connectivity index (χ4n) is 2.23. The molecule has 0 aliphatic carbocycles. The third-order valence-electron chi connectivity index (χ3n) is 3.41. The number of rotatable bonds is 1. The molecule has 82 valence electrons. The van der Waals surface area contributed by atoms with E-state index >= 15 is 0 Å². The van der Waals surface area contributed by atoms with E-state index in [0.29, 0.717) is 11.5 Å². The third kappa shape index (κ3) is 2.78. The minimum absolute atomic E-state index is 0.495. The first-order chi connectivity index (χ1) is 7.17. The molecule has 1 atom stereocenters. The molecule has 1 aliphatic rings. The van der Waals surface area contributed by atoms with Gasteiger partial charge in [-0.25, -0.2) is 0 Å². The van der Waals surface area contributed by atoms with Crippen molar-refractivity contribution in [2.45, 2.75) is 39.2 Å². The van der Waals surface area contributed by atoms with E-state index < -0.39 is 0 Å². The van der Waals surface area contributed by atoms with Gasteiger partial charge in [-0.2, -0.15) is 0 Å². The van der Waals surface area contributed by atoms with E-state index in [2.05, 4.69) is 36.3 Å². The highest BCUT2D eigenvalue weighted by molar-refractivity contribution is 5.15. The minimum atomic E-state index is 0.495. The Kier molecular flexibility index (Phi) is 3.06. The molecule has 0 bridgehead atoms. The highest BCUT2D eigenvalue weighted by atomic mass is 14.9. The van der Waals surface area contributed by atoms with Crippen molar-refractivity contribution in [2.24, 2.45) is 5.41 Å². The van der Waals surface area contributed by atoms with Gasteiger partial charge in [0.05, 0.1) is 0 Å². The Balaban J connectivity index is 2.06. The fraction of sp³-hybridized carbons (Fsp3) is 0.615. The van der Waals surface area contributed by atoms with E-state index in [0.717, 1.165) is 6.54 Å². The molecule has 1 saturated heterocycles. The lowest BCUT2D eigenvalue weighted by atomic mass is 9.84. The maximum absolute atomic E-state index is 4.06.